The SMILES string of the molecule is CC(=O)c1ccc(-c2ccc(C(=O)Nc3nccs3)o2)cc1. The highest BCUT2D eigenvalue weighted by Crippen LogP contribution is 2.23. The average molecular weight is 312 g/mol. The summed E-state index contributed by atoms with van der Waals surface area (Å²) in [7, 11) is 0. The van der Waals surface area contributed by atoms with E-state index < -0.39 is 0 Å². The maximum absolute atomic E-state index is 12.0. The van der Waals surface area contributed by atoms with Crippen LogP contribution in [-0.4, -0.2) is 16.7 Å². The second-order valence-corrected chi connectivity index (χ2v) is 5.48. The van der Waals surface area contributed by atoms with E-state index >= 15 is 0 Å². The number of nitrogens with one attached hydrogen (secondary N) is 1. The van der Waals surface area contributed by atoms with Crippen LogP contribution in [0.4, 0.5) is 5.13 Å². The van der Waals surface area contributed by atoms with Crippen LogP contribution in [0.15, 0.2) is 52.4 Å². The van der Waals surface area contributed by atoms with Crippen molar-refractivity contribution in [3.63, 3.8) is 0 Å². The van der Waals surface area contributed by atoms with Crippen molar-refractivity contribution in [1.82, 2.24) is 4.98 Å². The number of aromatic nitrogens is 1. The highest BCUT2D eigenvalue weighted by molar-refractivity contribution is 7.13. The molecule has 0 fully saturated rings. The summed E-state index contributed by atoms with van der Waals surface area (Å²) in [5.41, 5.74) is 1.44. The van der Waals surface area contributed by atoms with Gasteiger partial charge in [-0.15, -0.1) is 11.3 Å². The third-order valence-electron chi connectivity index (χ3n) is 3.06. The third-order valence-corrected chi connectivity index (χ3v) is 3.75. The first-order valence-corrected chi connectivity index (χ1v) is 7.43. The van der Waals surface area contributed by atoms with Crippen molar-refractivity contribution in [3.8, 4) is 11.3 Å². The second kappa shape index (κ2) is 5.95. The molecular weight excluding hydrogens is 300 g/mol. The van der Waals surface area contributed by atoms with Gasteiger partial charge in [0.25, 0.3) is 5.91 Å². The monoisotopic (exact) mass is 312 g/mol. The standard InChI is InChI=1S/C16H12N2O3S/c1-10(19)11-2-4-12(5-3-11)13-6-7-14(21-13)15(20)18-16-17-8-9-22-16/h2-9H,1H3,(H,17,18,20). The molecule has 0 bridgehead atoms. The molecule has 0 aliphatic carbocycles. The fourth-order valence-electron chi connectivity index (χ4n) is 1.93. The van der Waals surface area contributed by atoms with Crippen LogP contribution in [0.3, 0.4) is 0 Å². The van der Waals surface area contributed by atoms with E-state index in [4.69, 9.17) is 4.42 Å². The highest BCUT2D eigenvalue weighted by atomic mass is 32.1. The molecule has 1 N–H and O–H groups in total. The van der Waals surface area contributed by atoms with Gasteiger partial charge in [0, 0.05) is 22.7 Å². The summed E-state index contributed by atoms with van der Waals surface area (Å²) < 4.78 is 5.56. The van der Waals surface area contributed by atoms with E-state index in [9.17, 15) is 9.59 Å². The summed E-state index contributed by atoms with van der Waals surface area (Å²) in [5.74, 6) is 0.441. The molecule has 0 aliphatic rings. The van der Waals surface area contributed by atoms with Crippen LogP contribution in [0.5, 0.6) is 0 Å². The van der Waals surface area contributed by atoms with Crippen molar-refractivity contribution >= 4 is 28.2 Å². The molecule has 0 aliphatic heterocycles. The number of ketones is 1. The molecule has 22 heavy (non-hydrogen) atoms. The zero-order valence-corrected chi connectivity index (χ0v) is 12.5. The topological polar surface area (TPSA) is 72.2 Å². The maximum Gasteiger partial charge on any atom is 0.293 e. The Balaban J connectivity index is 1.78. The molecule has 0 unspecified atom stereocenters. The van der Waals surface area contributed by atoms with Gasteiger partial charge in [0.15, 0.2) is 16.7 Å². The lowest BCUT2D eigenvalue weighted by Crippen LogP contribution is -2.10. The Morgan fingerprint density at radius 3 is 2.55 bits per heavy atom. The van der Waals surface area contributed by atoms with Gasteiger partial charge < -0.3 is 4.42 Å². The number of Topliss-reactive ketones (excluding diaryl/α,β-unsaturated/α-hetero) is 1. The number of rotatable bonds is 4. The molecule has 2 aromatic heterocycles. The van der Waals surface area contributed by atoms with Crippen LogP contribution in [0.25, 0.3) is 11.3 Å². The fraction of sp³-hybridized carbons (Fsp3) is 0.0625. The summed E-state index contributed by atoms with van der Waals surface area (Å²) in [6, 6.07) is 10.4. The van der Waals surface area contributed by atoms with Gasteiger partial charge in [-0.25, -0.2) is 4.98 Å². The first-order chi connectivity index (χ1) is 10.6. The Kier molecular flexibility index (Phi) is 3.84. The van der Waals surface area contributed by atoms with Gasteiger partial charge >= 0.3 is 0 Å². The molecule has 0 saturated heterocycles. The fourth-order valence-corrected chi connectivity index (χ4v) is 2.45. The van der Waals surface area contributed by atoms with Crippen molar-refractivity contribution in [2.75, 3.05) is 5.32 Å². The largest absolute Gasteiger partial charge is 0.451 e. The minimum absolute atomic E-state index is 0.00881. The van der Waals surface area contributed by atoms with Gasteiger partial charge in [-0.05, 0) is 19.1 Å². The van der Waals surface area contributed by atoms with Gasteiger partial charge in [0.1, 0.15) is 5.76 Å². The third kappa shape index (κ3) is 2.96. The maximum atomic E-state index is 12.0. The Morgan fingerprint density at radius 1 is 1.14 bits per heavy atom. The summed E-state index contributed by atoms with van der Waals surface area (Å²) in [4.78, 5) is 27.3. The van der Waals surface area contributed by atoms with Gasteiger partial charge in [0.05, 0.1) is 0 Å². The average Bonchev–Trinajstić information content (AvgIpc) is 3.18. The zero-order valence-electron chi connectivity index (χ0n) is 11.7. The molecule has 1 amide bonds. The lowest BCUT2D eigenvalue weighted by Gasteiger charge is -2.00. The van der Waals surface area contributed by atoms with Crippen molar-refractivity contribution in [1.29, 1.82) is 0 Å². The number of carbonyl (C=O) groups is 2. The summed E-state index contributed by atoms with van der Waals surface area (Å²) >= 11 is 1.34. The number of nitrogens with zero attached hydrogens (tertiary/aromatic N) is 1. The number of hydrogen-bond donors (Lipinski definition) is 1. The summed E-state index contributed by atoms with van der Waals surface area (Å²) in [5, 5.41) is 4.96. The smallest absolute Gasteiger partial charge is 0.293 e. The van der Waals surface area contributed by atoms with Gasteiger partial charge in [0.2, 0.25) is 0 Å². The van der Waals surface area contributed by atoms with Crippen molar-refractivity contribution < 1.29 is 14.0 Å². The predicted octanol–water partition coefficient (Wildman–Crippen LogP) is 3.86. The lowest BCUT2D eigenvalue weighted by atomic mass is 10.1. The van der Waals surface area contributed by atoms with Gasteiger partial charge in [-0.3, -0.25) is 14.9 Å². The van der Waals surface area contributed by atoms with Gasteiger partial charge in [-0.1, -0.05) is 24.3 Å². The van der Waals surface area contributed by atoms with Crippen LogP contribution in [0, 0.1) is 0 Å². The van der Waals surface area contributed by atoms with Crippen molar-refractivity contribution in [2.24, 2.45) is 0 Å². The van der Waals surface area contributed by atoms with E-state index in [1.54, 1.807) is 48.0 Å². The minimum Gasteiger partial charge on any atom is -0.451 e. The Labute approximate surface area is 130 Å². The van der Waals surface area contributed by atoms with Crippen LogP contribution in [-0.2, 0) is 0 Å². The molecular formula is C16H12N2O3S. The summed E-state index contributed by atoms with van der Waals surface area (Å²) in [6.07, 6.45) is 1.62. The molecule has 0 radical (unpaired) electrons. The number of thiazole rings is 1. The number of carbonyl (C=O) groups excluding carboxylic acids is 2. The predicted molar refractivity (Wildman–Crippen MR) is 84.2 cm³/mol. The first-order valence-electron chi connectivity index (χ1n) is 6.55. The molecule has 6 heteroatoms. The quantitative estimate of drug-likeness (QED) is 0.743. The van der Waals surface area contributed by atoms with E-state index in [1.807, 2.05) is 0 Å². The molecule has 1 aromatic carbocycles. The minimum atomic E-state index is -0.346. The normalized spacial score (nSPS) is 10.4. The van der Waals surface area contributed by atoms with E-state index in [1.165, 1.54) is 18.3 Å². The number of amides is 1. The highest BCUT2D eigenvalue weighted by Gasteiger charge is 2.13. The number of hydrogen-bond acceptors (Lipinski definition) is 5. The molecule has 5 nitrogen and oxygen atoms in total. The Bertz CT molecular complexity index is 804. The van der Waals surface area contributed by atoms with E-state index in [2.05, 4.69) is 10.3 Å². The number of furan rings is 1. The van der Waals surface area contributed by atoms with Crippen LogP contribution in [0.2, 0.25) is 0 Å². The molecule has 3 rings (SSSR count). The number of anilines is 1. The molecule has 0 atom stereocenters. The van der Waals surface area contributed by atoms with Gasteiger partial charge in [-0.2, -0.15) is 0 Å². The molecule has 0 saturated carbocycles. The van der Waals surface area contributed by atoms with Crippen LogP contribution >= 0.6 is 11.3 Å². The number of benzene rings is 1. The van der Waals surface area contributed by atoms with E-state index in [0.29, 0.717) is 16.5 Å². The second-order valence-electron chi connectivity index (χ2n) is 4.59. The first kappa shape index (κ1) is 14.2. The molecule has 2 heterocycles. The molecule has 3 aromatic rings. The zero-order chi connectivity index (χ0) is 15.5. The van der Waals surface area contributed by atoms with E-state index in [-0.39, 0.29) is 17.5 Å². The Morgan fingerprint density at radius 2 is 1.91 bits per heavy atom. The van der Waals surface area contributed by atoms with Crippen LogP contribution in [0.1, 0.15) is 27.8 Å². The van der Waals surface area contributed by atoms with E-state index in [0.717, 1.165) is 5.56 Å². The molecule has 110 valence electrons. The Hall–Kier alpha value is -2.73. The lowest BCUT2D eigenvalue weighted by molar-refractivity contribution is 0.0994. The van der Waals surface area contributed by atoms with Crippen molar-refractivity contribution in [3.05, 3.63) is 59.3 Å². The molecule has 0 spiro atoms. The van der Waals surface area contributed by atoms with Crippen LogP contribution < -0.4 is 5.32 Å². The summed E-state index contributed by atoms with van der Waals surface area (Å²) in [6.45, 7) is 1.52. The van der Waals surface area contributed by atoms with Crippen molar-refractivity contribution in [2.45, 2.75) is 6.92 Å².